The van der Waals surface area contributed by atoms with Crippen LogP contribution in [0.1, 0.15) is 0 Å². The highest BCUT2D eigenvalue weighted by Crippen LogP contribution is 2.46. The molecule has 0 fully saturated rings. The summed E-state index contributed by atoms with van der Waals surface area (Å²) < 4.78 is 3.54. The van der Waals surface area contributed by atoms with Crippen molar-refractivity contribution in [3.63, 3.8) is 0 Å². The summed E-state index contributed by atoms with van der Waals surface area (Å²) in [5.74, 6) is 1.90. The van der Waals surface area contributed by atoms with Crippen molar-refractivity contribution in [1.82, 2.24) is 19.9 Å². The van der Waals surface area contributed by atoms with E-state index in [2.05, 4.69) is 127 Å². The van der Waals surface area contributed by atoms with Crippen molar-refractivity contribution in [2.45, 2.75) is 0 Å². The molecular formula is C42H24N4S2. The van der Waals surface area contributed by atoms with Crippen LogP contribution in [0.2, 0.25) is 0 Å². The number of hydrogen-bond donors (Lipinski definition) is 0. The Morgan fingerprint density at radius 1 is 0.375 bits per heavy atom. The van der Waals surface area contributed by atoms with Gasteiger partial charge in [-0.15, -0.1) is 22.7 Å². The quantitative estimate of drug-likeness (QED) is 0.191. The van der Waals surface area contributed by atoms with Gasteiger partial charge < -0.3 is 0 Å². The molecule has 0 aliphatic rings. The Balaban J connectivity index is 1.28. The zero-order valence-corrected chi connectivity index (χ0v) is 27.1. The van der Waals surface area contributed by atoms with E-state index < -0.39 is 0 Å². The smallest absolute Gasteiger partial charge is 0.167 e. The van der Waals surface area contributed by atoms with Crippen LogP contribution in [0.3, 0.4) is 0 Å². The molecule has 0 amide bonds. The minimum Gasteiger partial charge on any atom is -0.235 e. The lowest BCUT2D eigenvalue weighted by molar-refractivity contribution is 1.08. The summed E-state index contributed by atoms with van der Waals surface area (Å²) >= 11 is 3.52. The van der Waals surface area contributed by atoms with Crippen molar-refractivity contribution in [1.29, 1.82) is 0 Å². The lowest BCUT2D eigenvalue weighted by Crippen LogP contribution is -2.01. The summed E-state index contributed by atoms with van der Waals surface area (Å²) in [6.45, 7) is 0. The van der Waals surface area contributed by atoms with Crippen LogP contribution in [0.25, 0.3) is 96.7 Å². The van der Waals surface area contributed by atoms with Crippen LogP contribution < -0.4 is 0 Å². The number of fused-ring (bicyclic) bond motifs is 6. The van der Waals surface area contributed by atoms with Crippen LogP contribution in [0, 0.1) is 0 Å². The molecule has 224 valence electrons. The Hall–Kier alpha value is -5.82. The number of benzene rings is 7. The van der Waals surface area contributed by atoms with Crippen molar-refractivity contribution in [2.24, 2.45) is 0 Å². The number of aromatic nitrogens is 4. The molecule has 10 aromatic rings. The van der Waals surface area contributed by atoms with Crippen LogP contribution in [0.4, 0.5) is 0 Å². The summed E-state index contributed by atoms with van der Waals surface area (Å²) in [5.41, 5.74) is 4.85. The summed E-state index contributed by atoms with van der Waals surface area (Å²) in [6, 6.07) is 50.9. The second-order valence-electron chi connectivity index (χ2n) is 11.9. The van der Waals surface area contributed by atoms with E-state index in [1.807, 2.05) is 18.2 Å². The van der Waals surface area contributed by atoms with Crippen molar-refractivity contribution in [3.05, 3.63) is 146 Å². The molecule has 0 aliphatic heterocycles. The van der Waals surface area contributed by atoms with Crippen LogP contribution in [-0.2, 0) is 0 Å². The highest BCUT2D eigenvalue weighted by Gasteiger charge is 2.23. The lowest BCUT2D eigenvalue weighted by atomic mass is 10.0. The maximum atomic E-state index is 5.37. The Bertz CT molecular complexity index is 2850. The third-order valence-electron chi connectivity index (χ3n) is 8.92. The van der Waals surface area contributed by atoms with E-state index in [0.29, 0.717) is 17.5 Å². The first-order chi connectivity index (χ1) is 23.7. The van der Waals surface area contributed by atoms with Crippen molar-refractivity contribution in [3.8, 4) is 44.7 Å². The minimum atomic E-state index is 0.626. The molecule has 0 aliphatic carbocycles. The molecule has 48 heavy (non-hydrogen) atoms. The highest BCUT2D eigenvalue weighted by atomic mass is 32.1. The molecule has 0 saturated carbocycles. The van der Waals surface area contributed by atoms with E-state index in [0.717, 1.165) is 48.3 Å². The fourth-order valence-electron chi connectivity index (χ4n) is 6.60. The number of thiophene rings is 1. The maximum absolute atomic E-state index is 5.37. The summed E-state index contributed by atoms with van der Waals surface area (Å²) in [4.78, 5) is 20.9. The van der Waals surface area contributed by atoms with Crippen molar-refractivity contribution < 1.29 is 0 Å². The summed E-state index contributed by atoms with van der Waals surface area (Å²) in [5, 5.41) is 8.04. The first-order valence-electron chi connectivity index (χ1n) is 15.8. The SMILES string of the molecule is c1ccc(-c2nc(-c3ccc4ccccc4c3)nc(-c3c4nc(-c5ccc6ccccc6c5)sc4cc4sc5ccccc5c34)n2)cc1. The molecule has 0 saturated heterocycles. The molecule has 0 unspecified atom stereocenters. The number of hydrogen-bond acceptors (Lipinski definition) is 6. The van der Waals surface area contributed by atoms with Crippen molar-refractivity contribution in [2.75, 3.05) is 0 Å². The third-order valence-corrected chi connectivity index (χ3v) is 11.1. The van der Waals surface area contributed by atoms with Gasteiger partial charge in [0.2, 0.25) is 0 Å². The molecule has 7 aromatic carbocycles. The molecule has 0 atom stereocenters. The van der Waals surface area contributed by atoms with Crippen LogP contribution in [-0.4, -0.2) is 19.9 Å². The molecule has 3 aromatic heterocycles. The van der Waals surface area contributed by atoms with Gasteiger partial charge in [-0.3, -0.25) is 0 Å². The van der Waals surface area contributed by atoms with Crippen molar-refractivity contribution >= 4 is 74.6 Å². The van der Waals surface area contributed by atoms with Gasteiger partial charge in [0.1, 0.15) is 5.01 Å². The second kappa shape index (κ2) is 10.9. The van der Waals surface area contributed by atoms with Gasteiger partial charge in [0.15, 0.2) is 17.5 Å². The van der Waals surface area contributed by atoms with Gasteiger partial charge in [0.05, 0.1) is 15.8 Å². The molecular weight excluding hydrogens is 625 g/mol. The zero-order chi connectivity index (χ0) is 31.6. The monoisotopic (exact) mass is 648 g/mol. The topological polar surface area (TPSA) is 51.6 Å². The van der Waals surface area contributed by atoms with E-state index in [1.165, 1.54) is 30.9 Å². The van der Waals surface area contributed by atoms with E-state index in [9.17, 15) is 0 Å². The molecule has 0 spiro atoms. The molecule has 4 nitrogen and oxygen atoms in total. The normalized spacial score (nSPS) is 11.8. The first kappa shape index (κ1) is 27.3. The predicted octanol–water partition coefficient (Wildman–Crippen LogP) is 11.8. The number of thiazole rings is 1. The van der Waals surface area contributed by atoms with Gasteiger partial charge >= 0.3 is 0 Å². The van der Waals surface area contributed by atoms with E-state index in [1.54, 1.807) is 22.7 Å². The Morgan fingerprint density at radius 2 is 0.979 bits per heavy atom. The standard InChI is InChI=1S/C42H24N4S2/c1-2-12-27(13-3-1)39-44-40(30-20-18-25-10-4-6-14-28(25)22-30)46-41(45-39)37-36-32-16-8-9-17-33(32)47-34(36)24-35-38(37)43-42(48-35)31-21-19-26-11-5-7-15-29(26)23-31/h1-24H. The Morgan fingerprint density at radius 3 is 1.75 bits per heavy atom. The molecule has 0 bridgehead atoms. The van der Waals surface area contributed by atoms with Gasteiger partial charge in [0, 0.05) is 36.9 Å². The lowest BCUT2D eigenvalue weighted by Gasteiger charge is -2.11. The maximum Gasteiger partial charge on any atom is 0.167 e. The zero-order valence-electron chi connectivity index (χ0n) is 25.5. The largest absolute Gasteiger partial charge is 0.235 e. The molecule has 10 rings (SSSR count). The van der Waals surface area contributed by atoms with Gasteiger partial charge in [-0.1, -0.05) is 121 Å². The molecule has 6 heteroatoms. The van der Waals surface area contributed by atoms with Gasteiger partial charge in [-0.05, 0) is 45.8 Å². The van der Waals surface area contributed by atoms with Gasteiger partial charge in [-0.2, -0.15) is 0 Å². The van der Waals surface area contributed by atoms with E-state index >= 15 is 0 Å². The fraction of sp³-hybridized carbons (Fsp3) is 0. The molecule has 3 heterocycles. The Kier molecular flexibility index (Phi) is 6.19. The van der Waals surface area contributed by atoms with Crippen LogP contribution in [0.5, 0.6) is 0 Å². The summed E-state index contributed by atoms with van der Waals surface area (Å²) in [7, 11) is 0. The number of nitrogens with zero attached hydrogens (tertiary/aromatic N) is 4. The van der Waals surface area contributed by atoms with E-state index in [4.69, 9.17) is 19.9 Å². The summed E-state index contributed by atoms with van der Waals surface area (Å²) in [6.07, 6.45) is 0. The predicted molar refractivity (Wildman–Crippen MR) is 203 cm³/mol. The van der Waals surface area contributed by atoms with Crippen LogP contribution >= 0.6 is 22.7 Å². The van der Waals surface area contributed by atoms with Crippen LogP contribution in [0.15, 0.2) is 146 Å². The average Bonchev–Trinajstić information content (AvgIpc) is 3.75. The third kappa shape index (κ3) is 4.49. The molecule has 0 radical (unpaired) electrons. The average molecular weight is 649 g/mol. The molecule has 0 N–H and O–H groups in total. The van der Waals surface area contributed by atoms with Gasteiger partial charge in [-0.25, -0.2) is 19.9 Å². The van der Waals surface area contributed by atoms with E-state index in [-0.39, 0.29) is 0 Å². The van der Waals surface area contributed by atoms with Gasteiger partial charge in [0.25, 0.3) is 0 Å². The fourth-order valence-corrected chi connectivity index (χ4v) is 8.84. The second-order valence-corrected chi connectivity index (χ2v) is 14.0. The first-order valence-corrected chi connectivity index (χ1v) is 17.4. The highest BCUT2D eigenvalue weighted by molar-refractivity contribution is 7.27. The number of rotatable bonds is 4. The Labute approximate surface area is 283 Å². The minimum absolute atomic E-state index is 0.626.